The van der Waals surface area contributed by atoms with Crippen molar-refractivity contribution >= 4 is 5.78 Å². The van der Waals surface area contributed by atoms with E-state index in [2.05, 4.69) is 20.3 Å². The van der Waals surface area contributed by atoms with Crippen molar-refractivity contribution in [3.05, 3.63) is 30.1 Å². The van der Waals surface area contributed by atoms with E-state index in [1.807, 2.05) is 0 Å². The number of imidazole rings is 1. The summed E-state index contributed by atoms with van der Waals surface area (Å²) in [6.45, 7) is 0. The van der Waals surface area contributed by atoms with Gasteiger partial charge in [-0.2, -0.15) is 0 Å². The highest BCUT2D eigenvalue weighted by molar-refractivity contribution is 6.04. The van der Waals surface area contributed by atoms with Gasteiger partial charge in [0.1, 0.15) is 5.69 Å². The molecule has 0 aliphatic rings. The van der Waals surface area contributed by atoms with Crippen LogP contribution in [0.15, 0.2) is 18.6 Å². The number of nitrogens with zero attached hydrogens (tertiary/aromatic N) is 4. The van der Waals surface area contributed by atoms with E-state index in [0.717, 1.165) is 0 Å². The summed E-state index contributed by atoms with van der Waals surface area (Å²) in [5, 5.41) is 7.25. The zero-order valence-corrected chi connectivity index (χ0v) is 6.93. The second-order valence-corrected chi connectivity index (χ2v) is 2.51. The number of aryl methyl sites for hydroxylation is 1. The molecule has 2 aromatic rings. The van der Waals surface area contributed by atoms with Gasteiger partial charge in [0.15, 0.2) is 5.82 Å². The summed E-state index contributed by atoms with van der Waals surface area (Å²) in [6.07, 6.45) is 4.53. The van der Waals surface area contributed by atoms with E-state index in [1.54, 1.807) is 13.2 Å². The van der Waals surface area contributed by atoms with Crippen LogP contribution in [0.2, 0.25) is 0 Å². The van der Waals surface area contributed by atoms with Gasteiger partial charge in [-0.1, -0.05) is 5.21 Å². The number of ketones is 1. The molecule has 6 nitrogen and oxygen atoms in total. The van der Waals surface area contributed by atoms with Crippen molar-refractivity contribution in [2.45, 2.75) is 0 Å². The van der Waals surface area contributed by atoms with Crippen LogP contribution in [0.5, 0.6) is 0 Å². The lowest BCUT2D eigenvalue weighted by atomic mass is 10.3. The van der Waals surface area contributed by atoms with Gasteiger partial charge in [0.2, 0.25) is 5.78 Å². The Morgan fingerprint density at radius 3 is 3.00 bits per heavy atom. The Kier molecular flexibility index (Phi) is 1.66. The van der Waals surface area contributed by atoms with Crippen molar-refractivity contribution in [3.63, 3.8) is 0 Å². The highest BCUT2D eigenvalue weighted by Gasteiger charge is 2.14. The van der Waals surface area contributed by atoms with Crippen LogP contribution >= 0.6 is 0 Å². The summed E-state index contributed by atoms with van der Waals surface area (Å²) in [7, 11) is 1.66. The maximum absolute atomic E-state index is 11.6. The molecule has 0 aromatic carbocycles. The van der Waals surface area contributed by atoms with Crippen molar-refractivity contribution in [1.29, 1.82) is 0 Å². The molecule has 66 valence electrons. The van der Waals surface area contributed by atoms with Crippen molar-refractivity contribution in [1.82, 2.24) is 25.0 Å². The number of H-pyrrole nitrogens is 1. The summed E-state index contributed by atoms with van der Waals surface area (Å²) in [5.41, 5.74) is 0.412. The van der Waals surface area contributed by atoms with Gasteiger partial charge >= 0.3 is 0 Å². The number of hydrogen-bond donors (Lipinski definition) is 1. The Bertz CT molecular complexity index is 416. The molecule has 1 N–H and O–H groups in total. The molecule has 0 aliphatic heterocycles. The topological polar surface area (TPSA) is 76.5 Å². The van der Waals surface area contributed by atoms with Crippen LogP contribution < -0.4 is 0 Å². The van der Waals surface area contributed by atoms with E-state index in [9.17, 15) is 4.79 Å². The molecule has 2 rings (SSSR count). The molecule has 2 heterocycles. The smallest absolute Gasteiger partial charge is 0.247 e. The van der Waals surface area contributed by atoms with Gasteiger partial charge in [0.25, 0.3) is 0 Å². The molecule has 0 unspecified atom stereocenters. The third-order valence-corrected chi connectivity index (χ3v) is 1.66. The van der Waals surface area contributed by atoms with Gasteiger partial charge < -0.3 is 4.98 Å². The lowest BCUT2D eigenvalue weighted by molar-refractivity contribution is 0.102. The molecule has 6 heteroatoms. The van der Waals surface area contributed by atoms with Crippen molar-refractivity contribution < 1.29 is 4.79 Å². The van der Waals surface area contributed by atoms with Gasteiger partial charge in [0.05, 0.1) is 6.20 Å². The fraction of sp³-hybridized carbons (Fsp3) is 0.143. The normalized spacial score (nSPS) is 10.2. The van der Waals surface area contributed by atoms with Crippen LogP contribution in [0.4, 0.5) is 0 Å². The second kappa shape index (κ2) is 2.81. The minimum atomic E-state index is -0.211. The summed E-state index contributed by atoms with van der Waals surface area (Å²) >= 11 is 0. The van der Waals surface area contributed by atoms with Crippen molar-refractivity contribution in [2.75, 3.05) is 0 Å². The number of carbonyl (C=O) groups excluding carboxylic acids is 1. The molecule has 0 spiro atoms. The number of aromatic amines is 1. The maximum atomic E-state index is 11.6. The van der Waals surface area contributed by atoms with Gasteiger partial charge in [0, 0.05) is 19.4 Å². The largest absolute Gasteiger partial charge is 0.342 e. The molecule has 13 heavy (non-hydrogen) atoms. The molecule has 0 saturated heterocycles. The predicted molar refractivity (Wildman–Crippen MR) is 43.0 cm³/mol. The van der Waals surface area contributed by atoms with Crippen molar-refractivity contribution in [3.8, 4) is 0 Å². The molecule has 0 atom stereocenters. The fourth-order valence-electron chi connectivity index (χ4n) is 1.01. The molecular weight excluding hydrogens is 170 g/mol. The first kappa shape index (κ1) is 7.66. The minimum absolute atomic E-state index is 0.211. The lowest BCUT2D eigenvalue weighted by Gasteiger charge is -1.94. The average Bonchev–Trinajstić information content (AvgIpc) is 2.72. The highest BCUT2D eigenvalue weighted by Crippen LogP contribution is 2.01. The zero-order valence-electron chi connectivity index (χ0n) is 6.93. The van der Waals surface area contributed by atoms with Crippen molar-refractivity contribution in [2.24, 2.45) is 7.05 Å². The van der Waals surface area contributed by atoms with E-state index in [-0.39, 0.29) is 5.78 Å². The summed E-state index contributed by atoms with van der Waals surface area (Å²) in [5.74, 6) is 0.0860. The predicted octanol–water partition coefficient (Wildman–Crippen LogP) is -0.231. The molecule has 0 radical (unpaired) electrons. The maximum Gasteiger partial charge on any atom is 0.247 e. The zero-order chi connectivity index (χ0) is 9.26. The monoisotopic (exact) mass is 177 g/mol. The Labute approximate surface area is 73.6 Å². The van der Waals surface area contributed by atoms with E-state index in [4.69, 9.17) is 0 Å². The third kappa shape index (κ3) is 1.22. The number of aromatic nitrogens is 5. The first-order valence-corrected chi connectivity index (χ1v) is 3.68. The first-order valence-electron chi connectivity index (χ1n) is 3.68. The summed E-state index contributed by atoms with van der Waals surface area (Å²) in [6, 6.07) is 0. The molecule has 0 bridgehead atoms. The molecular formula is C7H7N5O. The lowest BCUT2D eigenvalue weighted by Crippen LogP contribution is -2.09. The Morgan fingerprint density at radius 2 is 2.46 bits per heavy atom. The Balaban J connectivity index is 2.39. The number of hydrogen-bond acceptors (Lipinski definition) is 4. The first-order chi connectivity index (χ1) is 6.29. The standard InChI is InChI=1S/C7H7N5O/c1-12-5(4-10-11-12)6(13)7-8-2-3-9-7/h2-4H,1H3,(H,8,9). The van der Waals surface area contributed by atoms with Gasteiger partial charge in [-0.15, -0.1) is 5.10 Å². The second-order valence-electron chi connectivity index (χ2n) is 2.51. The van der Waals surface area contributed by atoms with Crippen LogP contribution in [-0.2, 0) is 7.05 Å². The van der Waals surface area contributed by atoms with E-state index in [1.165, 1.54) is 17.1 Å². The quantitative estimate of drug-likeness (QED) is 0.643. The van der Waals surface area contributed by atoms with Crippen LogP contribution in [0, 0.1) is 0 Å². The van der Waals surface area contributed by atoms with Gasteiger partial charge in [-0.3, -0.25) is 4.79 Å². The van der Waals surface area contributed by atoms with Crippen LogP contribution in [0.1, 0.15) is 16.3 Å². The summed E-state index contributed by atoms with van der Waals surface area (Å²) in [4.78, 5) is 18.2. The molecule has 0 amide bonds. The van der Waals surface area contributed by atoms with E-state index < -0.39 is 0 Å². The van der Waals surface area contributed by atoms with E-state index >= 15 is 0 Å². The average molecular weight is 177 g/mol. The number of nitrogens with one attached hydrogen (secondary N) is 1. The summed E-state index contributed by atoms with van der Waals surface area (Å²) < 4.78 is 1.41. The van der Waals surface area contributed by atoms with Crippen LogP contribution in [0.25, 0.3) is 0 Å². The SMILES string of the molecule is Cn1nncc1C(=O)c1ncc[nH]1. The van der Waals surface area contributed by atoms with Crippen LogP contribution in [0.3, 0.4) is 0 Å². The van der Waals surface area contributed by atoms with Gasteiger partial charge in [-0.05, 0) is 0 Å². The molecule has 0 saturated carbocycles. The minimum Gasteiger partial charge on any atom is -0.342 e. The van der Waals surface area contributed by atoms with E-state index in [0.29, 0.717) is 11.5 Å². The number of carbonyl (C=O) groups is 1. The Morgan fingerprint density at radius 1 is 1.62 bits per heavy atom. The Hall–Kier alpha value is -1.98. The number of rotatable bonds is 2. The van der Waals surface area contributed by atoms with Gasteiger partial charge in [-0.25, -0.2) is 9.67 Å². The molecule has 0 aliphatic carbocycles. The fourth-order valence-corrected chi connectivity index (χ4v) is 1.01. The highest BCUT2D eigenvalue weighted by atomic mass is 16.1. The van der Waals surface area contributed by atoms with Crippen LogP contribution in [-0.4, -0.2) is 30.7 Å². The molecule has 2 aromatic heterocycles. The third-order valence-electron chi connectivity index (χ3n) is 1.66. The molecule has 0 fully saturated rings.